The van der Waals surface area contributed by atoms with Crippen LogP contribution in [0, 0.1) is 23.2 Å². The third-order valence-corrected chi connectivity index (χ3v) is 8.62. The minimum absolute atomic E-state index is 0.679. The molecule has 2 heterocycles. The van der Waals surface area contributed by atoms with Gasteiger partial charge in [-0.1, -0.05) is 56.3 Å². The van der Waals surface area contributed by atoms with Gasteiger partial charge in [-0.05, 0) is 91.7 Å². The fourth-order valence-corrected chi connectivity index (χ4v) is 6.44. The molecule has 0 spiro atoms. The van der Waals surface area contributed by atoms with Gasteiger partial charge < -0.3 is 4.57 Å². The molecule has 34 heavy (non-hydrogen) atoms. The second-order valence-electron chi connectivity index (χ2n) is 9.58. The van der Waals surface area contributed by atoms with Crippen LogP contribution in [0.2, 0.25) is 5.02 Å². The number of hydrogen-bond acceptors (Lipinski definition) is 3. The van der Waals surface area contributed by atoms with E-state index in [9.17, 15) is 5.26 Å². The third-order valence-electron chi connectivity index (χ3n) is 7.47. The molecule has 5 rings (SSSR count). The number of nitrogens with zero attached hydrogens (tertiary/aromatic N) is 3. The van der Waals surface area contributed by atoms with E-state index in [0.29, 0.717) is 10.6 Å². The lowest BCUT2D eigenvalue weighted by Crippen LogP contribution is -2.11. The molecule has 3 aromatic rings. The van der Waals surface area contributed by atoms with E-state index in [-0.39, 0.29) is 0 Å². The topological polar surface area (TPSA) is 32.0 Å². The highest BCUT2D eigenvalue weighted by Crippen LogP contribution is 2.39. The molecule has 3 nitrogen and oxygen atoms in total. The van der Waals surface area contributed by atoms with E-state index in [4.69, 9.17) is 11.6 Å². The van der Waals surface area contributed by atoms with Gasteiger partial charge in [0.15, 0.2) is 0 Å². The van der Waals surface area contributed by atoms with Crippen molar-refractivity contribution in [3.05, 3.63) is 64.3 Å². The van der Waals surface area contributed by atoms with Crippen molar-refractivity contribution >= 4 is 34.5 Å². The molecule has 1 saturated carbocycles. The number of halogens is 1. The average molecular weight is 494 g/mol. The fourth-order valence-electron chi connectivity index (χ4n) is 5.45. The SMILES string of the molecule is CCCCc1c(Cl)cc(-n2ccc3cc(CC)ccc32)cc1C#N.CSN1CC2CCCC2C1. The lowest BCUT2D eigenvalue weighted by molar-refractivity contribution is 0.494. The normalized spacial score (nSPS) is 19.6. The van der Waals surface area contributed by atoms with E-state index in [1.807, 2.05) is 30.3 Å². The quantitative estimate of drug-likeness (QED) is 0.325. The van der Waals surface area contributed by atoms with Gasteiger partial charge >= 0.3 is 0 Å². The first-order chi connectivity index (χ1) is 16.6. The van der Waals surface area contributed by atoms with Gasteiger partial charge in [-0.15, -0.1) is 0 Å². The number of aryl methyl sites for hydroxylation is 1. The van der Waals surface area contributed by atoms with E-state index >= 15 is 0 Å². The van der Waals surface area contributed by atoms with Crippen molar-refractivity contribution in [2.24, 2.45) is 11.8 Å². The lowest BCUT2D eigenvalue weighted by atomic mass is 10.0. The van der Waals surface area contributed by atoms with Crippen LogP contribution in [0.25, 0.3) is 16.6 Å². The van der Waals surface area contributed by atoms with E-state index in [1.165, 1.54) is 43.3 Å². The summed E-state index contributed by atoms with van der Waals surface area (Å²) < 4.78 is 4.62. The monoisotopic (exact) mass is 493 g/mol. The van der Waals surface area contributed by atoms with E-state index in [0.717, 1.165) is 54.3 Å². The van der Waals surface area contributed by atoms with Gasteiger partial charge in [0.2, 0.25) is 0 Å². The molecule has 1 aromatic heterocycles. The van der Waals surface area contributed by atoms with Gasteiger partial charge in [-0.2, -0.15) is 5.26 Å². The fraction of sp³-hybridized carbons (Fsp3) is 0.483. The average Bonchev–Trinajstić information content (AvgIpc) is 3.57. The maximum Gasteiger partial charge on any atom is 0.0995 e. The number of fused-ring (bicyclic) bond motifs is 2. The van der Waals surface area contributed by atoms with Gasteiger partial charge in [-0.3, -0.25) is 4.31 Å². The van der Waals surface area contributed by atoms with Crippen LogP contribution in [0.5, 0.6) is 0 Å². The molecule has 0 bridgehead atoms. The van der Waals surface area contributed by atoms with Crippen molar-refractivity contribution in [1.82, 2.24) is 8.87 Å². The zero-order valence-corrected chi connectivity index (χ0v) is 22.3. The highest BCUT2D eigenvalue weighted by molar-refractivity contribution is 7.96. The van der Waals surface area contributed by atoms with Gasteiger partial charge in [0.25, 0.3) is 0 Å². The molecule has 2 unspecified atom stereocenters. The van der Waals surface area contributed by atoms with E-state index in [1.54, 1.807) is 0 Å². The van der Waals surface area contributed by atoms with Crippen molar-refractivity contribution in [3.63, 3.8) is 0 Å². The molecule has 2 aromatic carbocycles. The Morgan fingerprint density at radius 1 is 1.09 bits per heavy atom. The Morgan fingerprint density at radius 2 is 1.85 bits per heavy atom. The number of nitriles is 1. The van der Waals surface area contributed by atoms with Crippen LogP contribution in [0.3, 0.4) is 0 Å². The standard InChI is InChI=1S/C21H21ClN2.C8H15NS/c1-3-5-6-19-17(14-23)12-18(13-20(19)22)24-10-9-16-11-15(4-2)7-8-21(16)24;1-10-9-5-7-3-2-4-8(7)6-9/h7-13H,3-6H2,1-2H3;7-8H,2-6H2,1H3. The van der Waals surface area contributed by atoms with Crippen LogP contribution in [0.15, 0.2) is 42.6 Å². The molecule has 180 valence electrons. The first kappa shape index (κ1) is 25.2. The first-order valence-electron chi connectivity index (χ1n) is 12.7. The summed E-state index contributed by atoms with van der Waals surface area (Å²) in [6.07, 6.45) is 12.7. The zero-order valence-electron chi connectivity index (χ0n) is 20.7. The number of hydrogen-bond donors (Lipinski definition) is 0. The van der Waals surface area contributed by atoms with Gasteiger partial charge in [-0.25, -0.2) is 0 Å². The predicted octanol–water partition coefficient (Wildman–Crippen LogP) is 8.06. The summed E-state index contributed by atoms with van der Waals surface area (Å²) in [7, 11) is 0. The Bertz CT molecular complexity index is 1150. The molecule has 0 radical (unpaired) electrons. The van der Waals surface area contributed by atoms with Crippen LogP contribution in [-0.4, -0.2) is 28.2 Å². The molecule has 1 aliphatic heterocycles. The minimum atomic E-state index is 0.679. The number of aromatic nitrogens is 1. The van der Waals surface area contributed by atoms with Crippen molar-refractivity contribution in [3.8, 4) is 11.8 Å². The van der Waals surface area contributed by atoms with Crippen LogP contribution >= 0.6 is 23.5 Å². The molecule has 5 heteroatoms. The van der Waals surface area contributed by atoms with Crippen LogP contribution in [-0.2, 0) is 12.8 Å². The van der Waals surface area contributed by atoms with E-state index in [2.05, 4.69) is 59.3 Å². The molecule has 0 N–H and O–H groups in total. The summed E-state index contributed by atoms with van der Waals surface area (Å²) in [5, 5.41) is 11.4. The Kier molecular flexibility index (Phi) is 8.64. The molecule has 0 amide bonds. The number of rotatable bonds is 6. The zero-order chi connectivity index (χ0) is 24.1. The lowest BCUT2D eigenvalue weighted by Gasteiger charge is -2.12. The summed E-state index contributed by atoms with van der Waals surface area (Å²) in [6.45, 7) is 7.04. The van der Waals surface area contributed by atoms with E-state index < -0.39 is 0 Å². The first-order valence-corrected chi connectivity index (χ1v) is 14.3. The Labute approximate surface area is 214 Å². The van der Waals surface area contributed by atoms with Crippen molar-refractivity contribution in [2.75, 3.05) is 19.3 Å². The molecule has 1 saturated heterocycles. The smallest absolute Gasteiger partial charge is 0.0995 e. The second kappa shape index (κ2) is 11.7. The Morgan fingerprint density at radius 3 is 2.50 bits per heavy atom. The summed E-state index contributed by atoms with van der Waals surface area (Å²) in [5.74, 6) is 2.12. The molecule has 2 fully saturated rings. The predicted molar refractivity (Wildman–Crippen MR) is 147 cm³/mol. The summed E-state index contributed by atoms with van der Waals surface area (Å²) in [6, 6.07) is 14.9. The largest absolute Gasteiger partial charge is 0.316 e. The van der Waals surface area contributed by atoms with Crippen LogP contribution < -0.4 is 0 Å². The molecule has 2 aliphatic rings. The second-order valence-corrected chi connectivity index (χ2v) is 10.9. The summed E-state index contributed by atoms with van der Waals surface area (Å²) >= 11 is 8.42. The van der Waals surface area contributed by atoms with Crippen LogP contribution in [0.1, 0.15) is 62.6 Å². The molecular weight excluding hydrogens is 458 g/mol. The molecular formula is C29H36ClN3S. The maximum absolute atomic E-state index is 9.53. The van der Waals surface area contributed by atoms with Gasteiger partial charge in [0.1, 0.15) is 0 Å². The Balaban J connectivity index is 0.000000226. The number of benzene rings is 2. The Hall–Kier alpha value is -1.93. The number of unbranched alkanes of at least 4 members (excludes halogenated alkanes) is 1. The van der Waals surface area contributed by atoms with Crippen molar-refractivity contribution < 1.29 is 0 Å². The van der Waals surface area contributed by atoms with Gasteiger partial charge in [0.05, 0.1) is 17.1 Å². The van der Waals surface area contributed by atoms with Crippen molar-refractivity contribution in [1.29, 1.82) is 5.26 Å². The van der Waals surface area contributed by atoms with Gasteiger partial charge in [0, 0.05) is 35.4 Å². The maximum atomic E-state index is 9.53. The minimum Gasteiger partial charge on any atom is -0.316 e. The van der Waals surface area contributed by atoms with Crippen molar-refractivity contribution in [2.45, 2.75) is 58.8 Å². The molecule has 2 atom stereocenters. The summed E-state index contributed by atoms with van der Waals surface area (Å²) in [4.78, 5) is 0. The van der Waals surface area contributed by atoms with Crippen LogP contribution in [0.4, 0.5) is 0 Å². The summed E-state index contributed by atoms with van der Waals surface area (Å²) in [5.41, 5.74) is 5.04. The third kappa shape index (κ3) is 5.48. The highest BCUT2D eigenvalue weighted by Gasteiger charge is 2.35. The molecule has 1 aliphatic carbocycles. The highest BCUT2D eigenvalue weighted by atomic mass is 35.5.